The molecule has 2 radical (unpaired) electrons. The Morgan fingerprint density at radius 1 is 1.21 bits per heavy atom. The summed E-state index contributed by atoms with van der Waals surface area (Å²) in [6.45, 7) is 16.7. The largest absolute Gasteiger partial charge is 0.350 e. The lowest BCUT2D eigenvalue weighted by Gasteiger charge is -2.47. The third-order valence-electron chi connectivity index (χ3n) is 6.86. The minimum Gasteiger partial charge on any atom is -0.350 e. The lowest BCUT2D eigenvalue weighted by molar-refractivity contribution is -0.143. The number of nitrogens with zero attached hydrogens (tertiary/aromatic N) is 5. The number of hydrogen-bond acceptors (Lipinski definition) is 7. The van der Waals surface area contributed by atoms with Crippen molar-refractivity contribution in [1.29, 1.82) is 0 Å². The van der Waals surface area contributed by atoms with Crippen molar-refractivity contribution in [3.05, 3.63) is 6.33 Å². The Hall–Kier alpha value is -2.00. The zero-order valence-electron chi connectivity index (χ0n) is 22.1. The molecule has 1 aromatic rings. The second kappa shape index (κ2) is 10.7. The highest BCUT2D eigenvalue weighted by Gasteiger charge is 2.43. The highest BCUT2D eigenvalue weighted by molar-refractivity contribution is 5.86. The molecule has 2 aliphatic rings. The lowest BCUT2D eigenvalue weighted by Crippen LogP contribution is -2.70. The molecule has 34 heavy (non-hydrogen) atoms. The maximum Gasteiger partial charge on any atom is 0.242 e. The summed E-state index contributed by atoms with van der Waals surface area (Å²) in [6, 6.07) is 0.110. The molecule has 2 heterocycles. The van der Waals surface area contributed by atoms with Gasteiger partial charge in [-0.25, -0.2) is 0 Å². The zero-order chi connectivity index (χ0) is 25.1. The summed E-state index contributed by atoms with van der Waals surface area (Å²) in [5.41, 5.74) is 7.58. The Bertz CT molecular complexity index is 827. The average Bonchev–Trinajstić information content (AvgIpc) is 2.72. The van der Waals surface area contributed by atoms with Crippen molar-refractivity contribution < 1.29 is 4.79 Å². The number of rotatable bonds is 9. The lowest BCUT2D eigenvalue weighted by atomic mass is 9.90. The van der Waals surface area contributed by atoms with Crippen LogP contribution in [0.3, 0.4) is 0 Å². The number of piperazine rings is 1. The molecular formula is C25H44N8O. The molecule has 3 atom stereocenters. The van der Waals surface area contributed by atoms with Crippen LogP contribution in [-0.2, 0) is 4.79 Å². The molecular weight excluding hydrogens is 428 g/mol. The predicted octanol–water partition coefficient (Wildman–Crippen LogP) is 2.91. The summed E-state index contributed by atoms with van der Waals surface area (Å²) < 4.78 is 0. The highest BCUT2D eigenvalue weighted by Crippen LogP contribution is 2.24. The molecule has 190 valence electrons. The molecule has 1 saturated carbocycles. The predicted molar refractivity (Wildman–Crippen MR) is 136 cm³/mol. The molecule has 0 aromatic carbocycles. The number of hydrogen-bond donors (Lipinski definition) is 2. The molecule has 2 fully saturated rings. The fourth-order valence-electron chi connectivity index (χ4n) is 5.54. The number of aromatic nitrogens is 3. The van der Waals surface area contributed by atoms with Crippen LogP contribution in [0.1, 0.15) is 80.6 Å². The molecule has 0 spiro atoms. The molecule has 3 N–H and O–H groups in total. The van der Waals surface area contributed by atoms with E-state index in [1.165, 1.54) is 0 Å². The van der Waals surface area contributed by atoms with Gasteiger partial charge < -0.3 is 15.1 Å². The second-order valence-electron chi connectivity index (χ2n) is 11.7. The Balaban J connectivity index is 1.78. The monoisotopic (exact) mass is 472 g/mol. The van der Waals surface area contributed by atoms with Crippen LogP contribution in [0.15, 0.2) is 0 Å². The number of amides is 1. The van der Waals surface area contributed by atoms with Crippen molar-refractivity contribution in [2.75, 3.05) is 29.9 Å². The van der Waals surface area contributed by atoms with Crippen LogP contribution in [-0.4, -0.2) is 74.6 Å². The average molecular weight is 473 g/mol. The van der Waals surface area contributed by atoms with Crippen LogP contribution in [0.2, 0.25) is 0 Å². The van der Waals surface area contributed by atoms with Crippen LogP contribution in [0, 0.1) is 12.2 Å². The molecule has 1 amide bonds. The second-order valence-corrected chi connectivity index (χ2v) is 11.7. The summed E-state index contributed by atoms with van der Waals surface area (Å²) in [4.78, 5) is 30.6. The van der Waals surface area contributed by atoms with Crippen molar-refractivity contribution in [2.24, 2.45) is 5.92 Å². The first-order valence-corrected chi connectivity index (χ1v) is 12.8. The molecule has 3 unspecified atom stereocenters. The molecule has 0 bridgehead atoms. The Morgan fingerprint density at radius 2 is 1.91 bits per heavy atom. The first-order chi connectivity index (χ1) is 15.9. The molecule has 9 heteroatoms. The van der Waals surface area contributed by atoms with E-state index in [-0.39, 0.29) is 29.6 Å². The third kappa shape index (κ3) is 6.78. The van der Waals surface area contributed by atoms with E-state index < -0.39 is 5.54 Å². The fraction of sp³-hybridized carbons (Fsp3) is 0.840. The van der Waals surface area contributed by atoms with Gasteiger partial charge in [0.1, 0.15) is 0 Å². The van der Waals surface area contributed by atoms with Gasteiger partial charge in [-0.1, -0.05) is 26.7 Å². The van der Waals surface area contributed by atoms with E-state index in [9.17, 15) is 4.79 Å². The van der Waals surface area contributed by atoms with Crippen LogP contribution in [0.4, 0.5) is 11.9 Å². The van der Waals surface area contributed by atoms with E-state index in [1.807, 2.05) is 18.7 Å². The quantitative estimate of drug-likeness (QED) is 0.568. The van der Waals surface area contributed by atoms with Gasteiger partial charge in [0.25, 0.3) is 0 Å². The smallest absolute Gasteiger partial charge is 0.242 e. The number of carbonyl (C=O) groups is 1. The Kier molecular flexibility index (Phi) is 8.39. The topological polar surface area (TPSA) is 110 Å². The van der Waals surface area contributed by atoms with Gasteiger partial charge in [0.05, 0.1) is 5.54 Å². The van der Waals surface area contributed by atoms with Gasteiger partial charge in [-0.2, -0.15) is 15.0 Å². The van der Waals surface area contributed by atoms with Gasteiger partial charge in [0.2, 0.25) is 24.1 Å². The fourth-order valence-corrected chi connectivity index (χ4v) is 5.54. The Morgan fingerprint density at radius 3 is 2.59 bits per heavy atom. The van der Waals surface area contributed by atoms with E-state index in [0.29, 0.717) is 37.4 Å². The van der Waals surface area contributed by atoms with E-state index in [4.69, 9.17) is 10.7 Å². The summed E-state index contributed by atoms with van der Waals surface area (Å²) in [6.07, 6.45) is 7.86. The van der Waals surface area contributed by atoms with Gasteiger partial charge in [0.15, 0.2) is 0 Å². The van der Waals surface area contributed by atoms with Crippen LogP contribution in [0.25, 0.3) is 0 Å². The van der Waals surface area contributed by atoms with Gasteiger partial charge in [-0.3, -0.25) is 15.8 Å². The standard InChI is InChI=1S/C25H44N8O/c1-17(2)14-18(3)33(13-12-32-15-24(4,5)31-25(6,7)21(32)34)23-28-16-27-22(30-23)29-20-11-9-8-10-19(20)26/h17-20,26,31H,8-15H2,1-7H3,(H,27,28,29,30). The first kappa shape index (κ1) is 26.6. The van der Waals surface area contributed by atoms with Gasteiger partial charge in [-0.15, -0.1) is 0 Å². The first-order valence-electron chi connectivity index (χ1n) is 12.8. The van der Waals surface area contributed by atoms with Crippen LogP contribution in [0.5, 0.6) is 0 Å². The van der Waals surface area contributed by atoms with Gasteiger partial charge >= 0.3 is 0 Å². The van der Waals surface area contributed by atoms with Crippen molar-refractivity contribution in [3.63, 3.8) is 0 Å². The SMILES string of the molecule is CC(C)CC(C)N(CCN1CC(C)(C)NC(C)(C)C1=O)c1n[c]nc(NC2CCCCC2[NH])n1. The maximum atomic E-state index is 13.1. The summed E-state index contributed by atoms with van der Waals surface area (Å²) in [5.74, 6) is 1.69. The van der Waals surface area contributed by atoms with Crippen molar-refractivity contribution in [3.8, 4) is 0 Å². The summed E-state index contributed by atoms with van der Waals surface area (Å²) >= 11 is 0. The van der Waals surface area contributed by atoms with Gasteiger partial charge in [0, 0.05) is 43.3 Å². The van der Waals surface area contributed by atoms with E-state index >= 15 is 0 Å². The minimum atomic E-state index is -0.596. The number of carbonyl (C=O) groups excluding carboxylic acids is 1. The van der Waals surface area contributed by atoms with Crippen molar-refractivity contribution >= 4 is 17.8 Å². The number of nitrogens with one attached hydrogen (secondary N) is 3. The van der Waals surface area contributed by atoms with E-state index in [0.717, 1.165) is 32.1 Å². The van der Waals surface area contributed by atoms with Crippen LogP contribution < -0.4 is 21.3 Å². The maximum absolute atomic E-state index is 13.1. The van der Waals surface area contributed by atoms with Crippen molar-refractivity contribution in [1.82, 2.24) is 30.9 Å². The molecule has 1 aromatic heterocycles. The summed E-state index contributed by atoms with van der Waals surface area (Å²) in [5, 5.41) is 6.82. The minimum absolute atomic E-state index is 0.0573. The molecule has 1 aliphatic carbocycles. The highest BCUT2D eigenvalue weighted by atomic mass is 16.2. The Labute approximate surface area is 205 Å². The van der Waals surface area contributed by atoms with Gasteiger partial charge in [-0.05, 0) is 59.8 Å². The molecule has 3 rings (SSSR count). The van der Waals surface area contributed by atoms with E-state index in [2.05, 4.69) is 66.4 Å². The van der Waals surface area contributed by atoms with E-state index in [1.54, 1.807) is 0 Å². The molecule has 1 aliphatic heterocycles. The third-order valence-corrected chi connectivity index (χ3v) is 6.86. The molecule has 9 nitrogen and oxygen atoms in total. The molecule has 1 saturated heterocycles. The number of anilines is 2. The van der Waals surface area contributed by atoms with Crippen LogP contribution >= 0.6 is 0 Å². The normalized spacial score (nSPS) is 25.3. The van der Waals surface area contributed by atoms with Crippen molar-refractivity contribution in [2.45, 2.75) is 110 Å². The zero-order valence-corrected chi connectivity index (χ0v) is 22.1. The summed E-state index contributed by atoms with van der Waals surface area (Å²) in [7, 11) is 0.